The Morgan fingerprint density at radius 3 is 2.62 bits per heavy atom. The molecule has 2 aliphatic heterocycles. The van der Waals surface area contributed by atoms with Gasteiger partial charge in [-0.05, 0) is 56.2 Å². The largest absolute Gasteiger partial charge is 0.454 e. The predicted molar refractivity (Wildman–Crippen MR) is 104 cm³/mol. The Kier molecular flexibility index (Phi) is 6.94. The second-order valence-corrected chi connectivity index (χ2v) is 6.62. The Labute approximate surface area is 155 Å². The van der Waals surface area contributed by atoms with Crippen LogP contribution < -0.4 is 9.47 Å². The van der Waals surface area contributed by atoms with E-state index in [4.69, 9.17) is 9.47 Å². The second kappa shape index (κ2) is 9.85. The highest BCUT2D eigenvalue weighted by molar-refractivity contribution is 5.88. The van der Waals surface area contributed by atoms with Crippen LogP contribution in [0, 0.1) is 0 Å². The molecule has 0 saturated carbocycles. The summed E-state index contributed by atoms with van der Waals surface area (Å²) in [6, 6.07) is 6.01. The summed E-state index contributed by atoms with van der Waals surface area (Å²) in [6.45, 7) is 2.14. The van der Waals surface area contributed by atoms with Crippen molar-refractivity contribution < 1.29 is 14.3 Å². The smallest absolute Gasteiger partial charge is 0.246 e. The lowest BCUT2D eigenvalue weighted by atomic mass is 10.1. The molecule has 26 heavy (non-hydrogen) atoms. The zero-order chi connectivity index (χ0) is 18.0. The molecule has 2 aliphatic rings. The molecule has 1 amide bonds. The maximum absolute atomic E-state index is 11.8. The first-order valence-electron chi connectivity index (χ1n) is 9.51. The molecule has 0 bridgehead atoms. The molecule has 1 saturated heterocycles. The average molecular weight is 353 g/mol. The summed E-state index contributed by atoms with van der Waals surface area (Å²) in [4.78, 5) is 13.7. The lowest BCUT2D eigenvalue weighted by molar-refractivity contribution is -0.124. The number of nitrogens with zero attached hydrogens (tertiary/aromatic N) is 1. The van der Waals surface area contributed by atoms with Crippen molar-refractivity contribution in [3.63, 3.8) is 0 Å². The number of benzene rings is 1. The fraction of sp³-hybridized carbons (Fsp3) is 0.409. The van der Waals surface area contributed by atoms with Gasteiger partial charge in [-0.2, -0.15) is 0 Å². The predicted octanol–water partition coefficient (Wildman–Crippen LogP) is 4.72. The number of carbonyl (C=O) groups is 1. The molecule has 138 valence electrons. The lowest BCUT2D eigenvalue weighted by Gasteiger charge is -2.11. The van der Waals surface area contributed by atoms with Gasteiger partial charge in [0.05, 0.1) is 0 Å². The first-order valence-corrected chi connectivity index (χ1v) is 9.51. The minimum Gasteiger partial charge on any atom is -0.454 e. The van der Waals surface area contributed by atoms with Crippen LogP contribution in [0.3, 0.4) is 0 Å². The second-order valence-electron chi connectivity index (χ2n) is 6.62. The maximum atomic E-state index is 11.8. The topological polar surface area (TPSA) is 38.8 Å². The number of unbranched alkanes of at least 4 members (excludes halogenated alkanes) is 3. The van der Waals surface area contributed by atoms with Crippen molar-refractivity contribution in [2.45, 2.75) is 38.5 Å². The van der Waals surface area contributed by atoms with E-state index in [0.717, 1.165) is 68.7 Å². The van der Waals surface area contributed by atoms with E-state index in [-0.39, 0.29) is 5.91 Å². The van der Waals surface area contributed by atoms with Crippen molar-refractivity contribution in [1.82, 2.24) is 4.90 Å². The monoisotopic (exact) mass is 353 g/mol. The minimum atomic E-state index is 0.140. The molecule has 2 heterocycles. The van der Waals surface area contributed by atoms with Crippen LogP contribution in [0.5, 0.6) is 11.5 Å². The number of carbonyl (C=O) groups excluding carboxylic acids is 1. The average Bonchev–Trinajstić information content (AvgIpc) is 3.34. The molecule has 0 spiro atoms. The van der Waals surface area contributed by atoms with Crippen molar-refractivity contribution in [1.29, 1.82) is 0 Å². The summed E-state index contributed by atoms with van der Waals surface area (Å²) in [6.07, 6.45) is 18.7. The van der Waals surface area contributed by atoms with Crippen molar-refractivity contribution in [2.75, 3.05) is 19.9 Å². The summed E-state index contributed by atoms with van der Waals surface area (Å²) in [5.41, 5.74) is 1.14. The number of hydrogen-bond donors (Lipinski definition) is 0. The van der Waals surface area contributed by atoms with E-state index in [1.165, 1.54) is 0 Å². The first kappa shape index (κ1) is 18.3. The van der Waals surface area contributed by atoms with Gasteiger partial charge in [-0.25, -0.2) is 0 Å². The van der Waals surface area contributed by atoms with Gasteiger partial charge in [0.25, 0.3) is 0 Å². The van der Waals surface area contributed by atoms with E-state index in [1.54, 1.807) is 6.08 Å². The van der Waals surface area contributed by atoms with Crippen LogP contribution in [0.4, 0.5) is 0 Å². The summed E-state index contributed by atoms with van der Waals surface area (Å²) in [5.74, 6) is 1.79. The Bertz CT molecular complexity index is 685. The van der Waals surface area contributed by atoms with E-state index in [1.807, 2.05) is 35.3 Å². The van der Waals surface area contributed by atoms with Gasteiger partial charge in [0, 0.05) is 19.2 Å². The van der Waals surface area contributed by atoms with Crippen LogP contribution in [0.15, 0.2) is 48.6 Å². The Balaban J connectivity index is 1.26. The van der Waals surface area contributed by atoms with Crippen LogP contribution in [0.1, 0.15) is 44.1 Å². The van der Waals surface area contributed by atoms with Crippen LogP contribution >= 0.6 is 0 Å². The van der Waals surface area contributed by atoms with Crippen molar-refractivity contribution in [3.8, 4) is 11.5 Å². The maximum Gasteiger partial charge on any atom is 0.246 e. The highest BCUT2D eigenvalue weighted by Crippen LogP contribution is 2.32. The molecule has 0 radical (unpaired) electrons. The molecule has 0 N–H and O–H groups in total. The molecule has 1 fully saturated rings. The molecule has 0 atom stereocenters. The number of likely N-dealkylation sites (tertiary alicyclic amines) is 1. The highest BCUT2D eigenvalue weighted by Gasteiger charge is 2.14. The van der Waals surface area contributed by atoms with Crippen LogP contribution in [0.2, 0.25) is 0 Å². The third-order valence-corrected chi connectivity index (χ3v) is 4.60. The van der Waals surface area contributed by atoms with Gasteiger partial charge >= 0.3 is 0 Å². The van der Waals surface area contributed by atoms with Crippen molar-refractivity contribution >= 4 is 12.0 Å². The van der Waals surface area contributed by atoms with Crippen molar-refractivity contribution in [3.05, 3.63) is 54.1 Å². The van der Waals surface area contributed by atoms with E-state index >= 15 is 0 Å². The van der Waals surface area contributed by atoms with Gasteiger partial charge in [-0.3, -0.25) is 4.79 Å². The van der Waals surface area contributed by atoms with Gasteiger partial charge in [0.15, 0.2) is 11.5 Å². The SMILES string of the molecule is O=C(C=CC=CCCCCC=Cc1ccc2c(c1)OCO2)N1CCCC1. The standard InChI is InChI=1S/C22H27NO3/c24-22(23-15-9-10-16-23)12-8-6-4-2-1-3-5-7-11-19-13-14-20-21(17-19)26-18-25-20/h4,6-8,11-14,17H,1-3,5,9-10,15-16,18H2. The highest BCUT2D eigenvalue weighted by atomic mass is 16.7. The summed E-state index contributed by atoms with van der Waals surface area (Å²) >= 11 is 0. The lowest BCUT2D eigenvalue weighted by Crippen LogP contribution is -2.25. The number of rotatable bonds is 8. The zero-order valence-corrected chi connectivity index (χ0v) is 15.2. The number of amides is 1. The number of hydrogen-bond acceptors (Lipinski definition) is 3. The minimum absolute atomic E-state index is 0.140. The van der Waals surface area contributed by atoms with Gasteiger partial charge in [0.2, 0.25) is 12.7 Å². The number of fused-ring (bicyclic) bond motifs is 1. The summed E-state index contributed by atoms with van der Waals surface area (Å²) < 4.78 is 10.7. The van der Waals surface area contributed by atoms with Gasteiger partial charge < -0.3 is 14.4 Å². The van der Waals surface area contributed by atoms with E-state index in [0.29, 0.717) is 6.79 Å². The van der Waals surface area contributed by atoms with Crippen LogP contribution in [-0.2, 0) is 4.79 Å². The first-order chi connectivity index (χ1) is 12.8. The fourth-order valence-corrected chi connectivity index (χ4v) is 3.12. The molecular formula is C22H27NO3. The summed E-state index contributed by atoms with van der Waals surface area (Å²) in [5, 5.41) is 0. The van der Waals surface area contributed by atoms with E-state index < -0.39 is 0 Å². The molecule has 1 aromatic rings. The number of allylic oxidation sites excluding steroid dienone is 4. The molecule has 3 rings (SSSR count). The molecule has 4 nitrogen and oxygen atoms in total. The van der Waals surface area contributed by atoms with Crippen LogP contribution in [-0.4, -0.2) is 30.7 Å². The van der Waals surface area contributed by atoms with Crippen LogP contribution in [0.25, 0.3) is 6.08 Å². The molecule has 4 heteroatoms. The van der Waals surface area contributed by atoms with E-state index in [9.17, 15) is 4.79 Å². The van der Waals surface area contributed by atoms with Gasteiger partial charge in [-0.1, -0.05) is 36.4 Å². The third-order valence-electron chi connectivity index (χ3n) is 4.60. The number of ether oxygens (including phenoxy) is 2. The molecule has 0 aromatic heterocycles. The van der Waals surface area contributed by atoms with Gasteiger partial charge in [-0.15, -0.1) is 0 Å². The molecular weight excluding hydrogens is 326 g/mol. The van der Waals surface area contributed by atoms with Crippen molar-refractivity contribution in [2.24, 2.45) is 0 Å². The zero-order valence-electron chi connectivity index (χ0n) is 15.2. The summed E-state index contributed by atoms with van der Waals surface area (Å²) in [7, 11) is 0. The Hall–Kier alpha value is -2.49. The fourth-order valence-electron chi connectivity index (χ4n) is 3.12. The quantitative estimate of drug-likeness (QED) is 0.385. The Morgan fingerprint density at radius 2 is 1.77 bits per heavy atom. The Morgan fingerprint density at radius 1 is 1.00 bits per heavy atom. The normalized spacial score (nSPS) is 16.5. The van der Waals surface area contributed by atoms with E-state index in [2.05, 4.69) is 18.2 Å². The molecule has 1 aromatic carbocycles. The molecule has 0 aliphatic carbocycles. The third kappa shape index (κ3) is 5.51. The van der Waals surface area contributed by atoms with Gasteiger partial charge in [0.1, 0.15) is 0 Å². The molecule has 0 unspecified atom stereocenters.